The van der Waals surface area contributed by atoms with Crippen LogP contribution in [0.25, 0.3) is 0 Å². The number of halogens is 1. The van der Waals surface area contributed by atoms with Gasteiger partial charge in [-0.05, 0) is 23.8 Å². The molecular formula is C16H19ClN4. The standard InChI is InChI=1S/C16H19ClN4/c17-15-4-2-1-3-13(15)12-20-7-9-21(10-8-20)14-5-6-16(18)19-11-14/h1-6,11H,7-10,12H2,(H2,18,19). The molecule has 5 heteroatoms. The monoisotopic (exact) mass is 302 g/mol. The number of hydrogen-bond donors (Lipinski definition) is 1. The van der Waals surface area contributed by atoms with Crippen LogP contribution in [-0.2, 0) is 6.54 Å². The summed E-state index contributed by atoms with van der Waals surface area (Å²) in [5, 5.41) is 0.850. The second kappa shape index (κ2) is 6.33. The molecule has 0 bridgehead atoms. The molecule has 2 aromatic rings. The molecule has 1 aromatic heterocycles. The Balaban J connectivity index is 1.58. The zero-order valence-electron chi connectivity index (χ0n) is 11.9. The van der Waals surface area contributed by atoms with E-state index in [0.717, 1.165) is 43.4 Å². The van der Waals surface area contributed by atoms with Gasteiger partial charge in [0.05, 0.1) is 11.9 Å². The SMILES string of the molecule is Nc1ccc(N2CCN(Cc3ccccc3Cl)CC2)cn1. The van der Waals surface area contributed by atoms with Crippen LogP contribution in [0.3, 0.4) is 0 Å². The van der Waals surface area contributed by atoms with Crippen molar-refractivity contribution in [1.82, 2.24) is 9.88 Å². The molecule has 0 radical (unpaired) electrons. The van der Waals surface area contributed by atoms with Crippen LogP contribution in [0.5, 0.6) is 0 Å². The van der Waals surface area contributed by atoms with Crippen LogP contribution in [0.15, 0.2) is 42.6 Å². The van der Waals surface area contributed by atoms with Crippen molar-refractivity contribution in [2.45, 2.75) is 6.54 Å². The van der Waals surface area contributed by atoms with Gasteiger partial charge in [0, 0.05) is 37.7 Å². The minimum atomic E-state index is 0.566. The van der Waals surface area contributed by atoms with E-state index in [9.17, 15) is 0 Å². The summed E-state index contributed by atoms with van der Waals surface area (Å²) in [6, 6.07) is 11.9. The van der Waals surface area contributed by atoms with E-state index in [0.29, 0.717) is 5.82 Å². The van der Waals surface area contributed by atoms with Gasteiger partial charge in [-0.15, -0.1) is 0 Å². The van der Waals surface area contributed by atoms with Gasteiger partial charge in [-0.25, -0.2) is 4.98 Å². The van der Waals surface area contributed by atoms with Crippen LogP contribution in [0, 0.1) is 0 Å². The van der Waals surface area contributed by atoms with Gasteiger partial charge in [0.25, 0.3) is 0 Å². The Morgan fingerprint density at radius 1 is 1.05 bits per heavy atom. The van der Waals surface area contributed by atoms with Crippen molar-refractivity contribution >= 4 is 23.1 Å². The van der Waals surface area contributed by atoms with Crippen LogP contribution in [0.2, 0.25) is 5.02 Å². The van der Waals surface area contributed by atoms with Gasteiger partial charge < -0.3 is 10.6 Å². The van der Waals surface area contributed by atoms with Gasteiger partial charge in [0.1, 0.15) is 5.82 Å². The highest BCUT2D eigenvalue weighted by atomic mass is 35.5. The topological polar surface area (TPSA) is 45.4 Å². The van der Waals surface area contributed by atoms with Crippen molar-refractivity contribution in [1.29, 1.82) is 0 Å². The summed E-state index contributed by atoms with van der Waals surface area (Å²) in [5.41, 5.74) is 7.96. The molecule has 4 nitrogen and oxygen atoms in total. The average Bonchev–Trinajstić information content (AvgIpc) is 2.51. The molecule has 1 aromatic carbocycles. The highest BCUT2D eigenvalue weighted by Crippen LogP contribution is 2.20. The van der Waals surface area contributed by atoms with Gasteiger partial charge in [0.15, 0.2) is 0 Å². The Labute approximate surface area is 130 Å². The van der Waals surface area contributed by atoms with Crippen molar-refractivity contribution in [3.8, 4) is 0 Å². The molecule has 3 rings (SSSR count). The Morgan fingerprint density at radius 2 is 1.81 bits per heavy atom. The first-order chi connectivity index (χ1) is 10.2. The molecule has 1 aliphatic heterocycles. The van der Waals surface area contributed by atoms with E-state index < -0.39 is 0 Å². The first-order valence-electron chi connectivity index (χ1n) is 7.14. The second-order valence-corrected chi connectivity index (χ2v) is 5.70. The predicted molar refractivity (Wildman–Crippen MR) is 87.6 cm³/mol. The molecule has 2 N–H and O–H groups in total. The fourth-order valence-corrected chi connectivity index (χ4v) is 2.81. The third kappa shape index (κ3) is 3.46. The predicted octanol–water partition coefficient (Wildman–Crippen LogP) is 2.64. The first kappa shape index (κ1) is 14.2. The zero-order chi connectivity index (χ0) is 14.7. The van der Waals surface area contributed by atoms with Crippen LogP contribution >= 0.6 is 11.6 Å². The minimum absolute atomic E-state index is 0.566. The fraction of sp³-hybridized carbons (Fsp3) is 0.312. The summed E-state index contributed by atoms with van der Waals surface area (Å²) in [7, 11) is 0. The maximum absolute atomic E-state index is 6.23. The van der Waals surface area contributed by atoms with Crippen molar-refractivity contribution in [2.24, 2.45) is 0 Å². The fourth-order valence-electron chi connectivity index (χ4n) is 2.62. The number of nitrogens with two attached hydrogens (primary N) is 1. The molecule has 0 saturated carbocycles. The number of nitrogen functional groups attached to an aromatic ring is 1. The van der Waals surface area contributed by atoms with E-state index in [1.165, 1.54) is 5.56 Å². The van der Waals surface area contributed by atoms with Crippen LogP contribution in [0.4, 0.5) is 11.5 Å². The van der Waals surface area contributed by atoms with Crippen molar-refractivity contribution in [2.75, 3.05) is 36.8 Å². The van der Waals surface area contributed by atoms with Crippen LogP contribution in [0.1, 0.15) is 5.56 Å². The summed E-state index contributed by atoms with van der Waals surface area (Å²) >= 11 is 6.23. The number of hydrogen-bond acceptors (Lipinski definition) is 4. The van der Waals surface area contributed by atoms with E-state index >= 15 is 0 Å². The molecule has 0 aliphatic carbocycles. The Bertz CT molecular complexity index is 591. The highest BCUT2D eigenvalue weighted by Gasteiger charge is 2.18. The largest absolute Gasteiger partial charge is 0.384 e. The maximum Gasteiger partial charge on any atom is 0.123 e. The lowest BCUT2D eigenvalue weighted by atomic mass is 10.2. The minimum Gasteiger partial charge on any atom is -0.384 e. The molecule has 0 spiro atoms. The maximum atomic E-state index is 6.23. The van der Waals surface area contributed by atoms with E-state index in [4.69, 9.17) is 17.3 Å². The van der Waals surface area contributed by atoms with Crippen LogP contribution in [-0.4, -0.2) is 36.1 Å². The Kier molecular flexibility index (Phi) is 4.27. The van der Waals surface area contributed by atoms with Gasteiger partial charge in [-0.2, -0.15) is 0 Å². The molecule has 0 atom stereocenters. The lowest BCUT2D eigenvalue weighted by molar-refractivity contribution is 0.250. The van der Waals surface area contributed by atoms with E-state index in [1.54, 1.807) is 0 Å². The number of pyridine rings is 1. The molecule has 1 aliphatic rings. The first-order valence-corrected chi connectivity index (χ1v) is 7.52. The summed E-state index contributed by atoms with van der Waals surface area (Å²) in [5.74, 6) is 0.566. The van der Waals surface area contributed by atoms with Crippen molar-refractivity contribution in [3.63, 3.8) is 0 Å². The molecule has 21 heavy (non-hydrogen) atoms. The van der Waals surface area contributed by atoms with Gasteiger partial charge in [0.2, 0.25) is 0 Å². The number of piperazine rings is 1. The lowest BCUT2D eigenvalue weighted by Gasteiger charge is -2.36. The molecule has 0 unspecified atom stereocenters. The van der Waals surface area contributed by atoms with E-state index in [2.05, 4.69) is 20.9 Å². The van der Waals surface area contributed by atoms with Gasteiger partial charge >= 0.3 is 0 Å². The molecule has 2 heterocycles. The number of rotatable bonds is 3. The molecule has 1 saturated heterocycles. The molecular weight excluding hydrogens is 284 g/mol. The van der Waals surface area contributed by atoms with Crippen molar-refractivity contribution < 1.29 is 0 Å². The Hall–Kier alpha value is -1.78. The summed E-state index contributed by atoms with van der Waals surface area (Å²) in [4.78, 5) is 8.93. The van der Waals surface area contributed by atoms with Crippen molar-refractivity contribution in [3.05, 3.63) is 53.2 Å². The number of anilines is 2. The average molecular weight is 303 g/mol. The summed E-state index contributed by atoms with van der Waals surface area (Å²) < 4.78 is 0. The molecule has 1 fully saturated rings. The quantitative estimate of drug-likeness (QED) is 0.947. The smallest absolute Gasteiger partial charge is 0.123 e. The second-order valence-electron chi connectivity index (χ2n) is 5.30. The highest BCUT2D eigenvalue weighted by molar-refractivity contribution is 6.31. The number of nitrogens with zero attached hydrogens (tertiary/aromatic N) is 3. The van der Waals surface area contributed by atoms with Gasteiger partial charge in [-0.3, -0.25) is 4.90 Å². The van der Waals surface area contributed by atoms with E-state index in [-0.39, 0.29) is 0 Å². The van der Waals surface area contributed by atoms with Gasteiger partial charge in [-0.1, -0.05) is 29.8 Å². The number of benzene rings is 1. The third-order valence-corrected chi connectivity index (χ3v) is 4.23. The Morgan fingerprint density at radius 3 is 2.48 bits per heavy atom. The van der Waals surface area contributed by atoms with E-state index in [1.807, 2.05) is 36.5 Å². The van der Waals surface area contributed by atoms with Crippen LogP contribution < -0.4 is 10.6 Å². The zero-order valence-corrected chi connectivity index (χ0v) is 12.6. The lowest BCUT2D eigenvalue weighted by Crippen LogP contribution is -2.46. The molecule has 110 valence electrons. The third-order valence-electron chi connectivity index (χ3n) is 3.86. The normalized spacial score (nSPS) is 16.1. The number of aromatic nitrogens is 1. The summed E-state index contributed by atoms with van der Waals surface area (Å²) in [6.07, 6.45) is 1.85. The molecule has 0 amide bonds. The summed E-state index contributed by atoms with van der Waals surface area (Å²) in [6.45, 7) is 4.95.